The second kappa shape index (κ2) is 14.8. The maximum Gasteiger partial charge on any atom is 0.258 e. The van der Waals surface area contributed by atoms with Crippen molar-refractivity contribution in [3.8, 4) is 11.5 Å². The number of hydrogen-bond acceptors (Lipinski definition) is 6. The van der Waals surface area contributed by atoms with Gasteiger partial charge in [-0.25, -0.2) is 0 Å². The highest BCUT2D eigenvalue weighted by Gasteiger charge is 2.18. The van der Waals surface area contributed by atoms with Crippen molar-refractivity contribution in [3.05, 3.63) is 59.7 Å². The third-order valence-electron chi connectivity index (χ3n) is 5.47. The third-order valence-corrected chi connectivity index (χ3v) is 5.47. The molecule has 0 aliphatic heterocycles. The van der Waals surface area contributed by atoms with E-state index in [-0.39, 0.29) is 37.6 Å². The molecule has 8 heteroatoms. The third kappa shape index (κ3) is 9.60. The van der Waals surface area contributed by atoms with Crippen LogP contribution < -0.4 is 20.1 Å². The first kappa shape index (κ1) is 26.9. The van der Waals surface area contributed by atoms with E-state index in [0.29, 0.717) is 25.4 Å². The molecule has 2 aromatic rings. The van der Waals surface area contributed by atoms with Crippen molar-refractivity contribution in [2.45, 2.75) is 37.8 Å². The first-order valence-corrected chi connectivity index (χ1v) is 11.2. The number of ether oxygens (including phenoxy) is 3. The van der Waals surface area contributed by atoms with Crippen molar-refractivity contribution >= 4 is 18.3 Å². The van der Waals surface area contributed by atoms with Crippen LogP contribution in [-0.4, -0.2) is 63.2 Å². The molecule has 33 heavy (non-hydrogen) atoms. The summed E-state index contributed by atoms with van der Waals surface area (Å²) >= 11 is 0. The van der Waals surface area contributed by atoms with Gasteiger partial charge in [-0.1, -0.05) is 24.3 Å². The van der Waals surface area contributed by atoms with Gasteiger partial charge in [0, 0.05) is 26.2 Å². The van der Waals surface area contributed by atoms with Crippen molar-refractivity contribution in [1.82, 2.24) is 10.6 Å². The molecule has 0 spiro atoms. The summed E-state index contributed by atoms with van der Waals surface area (Å²) in [5, 5.41) is 16.5. The lowest BCUT2D eigenvalue weighted by atomic mass is 10.0. The zero-order valence-electron chi connectivity index (χ0n) is 19.1. The SMILES string of the molecule is COCCNC(=O)COc1ccc2c(c1)CC(NC[C@H](O)COc1ccccc1)CCC2.Cl. The van der Waals surface area contributed by atoms with E-state index in [1.165, 1.54) is 11.1 Å². The van der Waals surface area contributed by atoms with Gasteiger partial charge in [0.25, 0.3) is 5.91 Å². The van der Waals surface area contributed by atoms with E-state index in [1.807, 2.05) is 42.5 Å². The molecule has 182 valence electrons. The molecule has 7 nitrogen and oxygen atoms in total. The van der Waals surface area contributed by atoms with Crippen LogP contribution in [0.25, 0.3) is 0 Å². The lowest BCUT2D eigenvalue weighted by molar-refractivity contribution is -0.123. The zero-order valence-corrected chi connectivity index (χ0v) is 19.9. The molecule has 0 saturated carbocycles. The van der Waals surface area contributed by atoms with E-state index in [4.69, 9.17) is 14.2 Å². The number of carbonyl (C=O) groups excluding carboxylic acids is 1. The largest absolute Gasteiger partial charge is 0.491 e. The molecule has 1 unspecified atom stereocenters. The topological polar surface area (TPSA) is 89.1 Å². The van der Waals surface area contributed by atoms with Gasteiger partial charge in [0.1, 0.15) is 24.2 Å². The molecular weight excluding hydrogens is 444 g/mol. The Morgan fingerprint density at radius 1 is 1.12 bits per heavy atom. The van der Waals surface area contributed by atoms with Crippen LogP contribution in [0.4, 0.5) is 0 Å². The fourth-order valence-electron chi connectivity index (χ4n) is 3.77. The second-order valence-corrected chi connectivity index (χ2v) is 8.04. The molecule has 1 aliphatic carbocycles. The summed E-state index contributed by atoms with van der Waals surface area (Å²) in [4.78, 5) is 11.8. The van der Waals surface area contributed by atoms with Gasteiger partial charge in [-0.05, 0) is 61.1 Å². The van der Waals surface area contributed by atoms with Gasteiger partial charge in [-0.3, -0.25) is 4.79 Å². The summed E-state index contributed by atoms with van der Waals surface area (Å²) < 4.78 is 16.2. The molecule has 3 rings (SSSR count). The number of methoxy groups -OCH3 is 1. The van der Waals surface area contributed by atoms with Crippen LogP contribution in [0, 0.1) is 0 Å². The van der Waals surface area contributed by atoms with Crippen LogP contribution in [0.5, 0.6) is 11.5 Å². The minimum Gasteiger partial charge on any atom is -0.491 e. The summed E-state index contributed by atoms with van der Waals surface area (Å²) in [6.07, 6.45) is 3.43. The fourth-order valence-corrected chi connectivity index (χ4v) is 3.77. The minimum absolute atomic E-state index is 0. The van der Waals surface area contributed by atoms with Crippen LogP contribution in [0.3, 0.4) is 0 Å². The molecule has 1 aliphatic rings. The first-order chi connectivity index (χ1) is 15.6. The number of para-hydroxylation sites is 1. The Bertz CT molecular complexity index is 837. The number of rotatable bonds is 12. The molecule has 0 bridgehead atoms. The van der Waals surface area contributed by atoms with Gasteiger partial charge in [0.2, 0.25) is 0 Å². The number of nitrogens with one attached hydrogen (secondary N) is 2. The quantitative estimate of drug-likeness (QED) is 0.321. The van der Waals surface area contributed by atoms with Crippen molar-refractivity contribution in [2.24, 2.45) is 0 Å². The summed E-state index contributed by atoms with van der Waals surface area (Å²) in [6.45, 7) is 1.66. The van der Waals surface area contributed by atoms with E-state index in [9.17, 15) is 9.90 Å². The van der Waals surface area contributed by atoms with E-state index >= 15 is 0 Å². The van der Waals surface area contributed by atoms with Crippen molar-refractivity contribution in [3.63, 3.8) is 0 Å². The van der Waals surface area contributed by atoms with Crippen LogP contribution in [0.1, 0.15) is 24.0 Å². The highest BCUT2D eigenvalue weighted by molar-refractivity contribution is 5.85. The maximum absolute atomic E-state index is 11.8. The average Bonchev–Trinajstić information content (AvgIpc) is 3.02. The number of fused-ring (bicyclic) bond motifs is 1. The Morgan fingerprint density at radius 3 is 2.73 bits per heavy atom. The maximum atomic E-state index is 11.8. The predicted molar refractivity (Wildman–Crippen MR) is 130 cm³/mol. The smallest absolute Gasteiger partial charge is 0.258 e. The lowest BCUT2D eigenvalue weighted by Crippen LogP contribution is -2.39. The number of carbonyl (C=O) groups is 1. The number of aliphatic hydroxyl groups is 1. The van der Waals surface area contributed by atoms with Gasteiger partial charge in [0.05, 0.1) is 6.61 Å². The Morgan fingerprint density at radius 2 is 1.94 bits per heavy atom. The van der Waals surface area contributed by atoms with Crippen LogP contribution in [0.15, 0.2) is 48.5 Å². The number of aliphatic hydroxyl groups excluding tert-OH is 1. The van der Waals surface area contributed by atoms with Crippen molar-refractivity contribution < 1.29 is 24.1 Å². The highest BCUT2D eigenvalue weighted by atomic mass is 35.5. The molecule has 1 amide bonds. The second-order valence-electron chi connectivity index (χ2n) is 8.04. The molecule has 0 fully saturated rings. The Balaban J connectivity index is 0.00000385. The van der Waals surface area contributed by atoms with Crippen molar-refractivity contribution in [1.29, 1.82) is 0 Å². The number of hydrogen-bond donors (Lipinski definition) is 3. The molecule has 0 saturated heterocycles. The number of benzene rings is 2. The van der Waals surface area contributed by atoms with Gasteiger partial charge in [-0.15, -0.1) is 12.4 Å². The van der Waals surface area contributed by atoms with Crippen LogP contribution in [0.2, 0.25) is 0 Å². The molecule has 0 radical (unpaired) electrons. The fraction of sp³-hybridized carbons (Fsp3) is 0.480. The zero-order chi connectivity index (χ0) is 22.6. The first-order valence-electron chi connectivity index (χ1n) is 11.2. The summed E-state index contributed by atoms with van der Waals surface area (Å²) in [7, 11) is 1.60. The Labute approximate surface area is 202 Å². The van der Waals surface area contributed by atoms with E-state index < -0.39 is 6.10 Å². The van der Waals surface area contributed by atoms with Crippen LogP contribution in [-0.2, 0) is 22.4 Å². The molecule has 2 atom stereocenters. The Kier molecular flexibility index (Phi) is 12.0. The summed E-state index contributed by atoms with van der Waals surface area (Å²) in [5.41, 5.74) is 2.55. The number of aryl methyl sites for hydroxylation is 1. The van der Waals surface area contributed by atoms with E-state index in [0.717, 1.165) is 31.4 Å². The standard InChI is InChI=1S/C25H34N2O5.ClH/c1-30-13-12-26-25(29)18-32-24-11-10-19-6-5-7-21(14-20(19)15-24)27-16-22(28)17-31-23-8-3-2-4-9-23;/h2-4,8-11,15,21-22,27-28H,5-7,12-14,16-18H2,1H3,(H,26,29);1H/t21?,22-;/m0./s1. The van der Waals surface area contributed by atoms with E-state index in [1.54, 1.807) is 7.11 Å². The van der Waals surface area contributed by atoms with Gasteiger partial charge < -0.3 is 30.0 Å². The molecule has 0 aromatic heterocycles. The molecular formula is C25H35ClN2O5. The summed E-state index contributed by atoms with van der Waals surface area (Å²) in [6, 6.07) is 15.9. The molecule has 0 heterocycles. The molecule has 2 aromatic carbocycles. The van der Waals surface area contributed by atoms with Gasteiger partial charge in [0.15, 0.2) is 6.61 Å². The van der Waals surface area contributed by atoms with Gasteiger partial charge in [-0.2, -0.15) is 0 Å². The monoisotopic (exact) mass is 478 g/mol. The van der Waals surface area contributed by atoms with Gasteiger partial charge >= 0.3 is 0 Å². The number of amides is 1. The summed E-state index contributed by atoms with van der Waals surface area (Å²) in [5.74, 6) is 1.29. The predicted octanol–water partition coefficient (Wildman–Crippen LogP) is 2.53. The van der Waals surface area contributed by atoms with Crippen molar-refractivity contribution in [2.75, 3.05) is 40.0 Å². The van der Waals surface area contributed by atoms with Crippen LogP contribution >= 0.6 is 12.4 Å². The van der Waals surface area contributed by atoms with E-state index in [2.05, 4.69) is 16.7 Å². The highest BCUT2D eigenvalue weighted by Crippen LogP contribution is 2.25. The normalized spacial score (nSPS) is 16.0. The minimum atomic E-state index is -0.579. The Hall–Kier alpha value is -2.32. The molecule has 3 N–H and O–H groups in total. The lowest BCUT2D eigenvalue weighted by Gasteiger charge is -2.20. The average molecular weight is 479 g/mol. The number of halogens is 1.